The van der Waals surface area contributed by atoms with Gasteiger partial charge in [0.15, 0.2) is 0 Å². The number of rotatable bonds is 3. The summed E-state index contributed by atoms with van der Waals surface area (Å²) in [6.45, 7) is 0. The molecule has 0 heterocycles. The predicted octanol–water partition coefficient (Wildman–Crippen LogP) is 4.98. The van der Waals surface area contributed by atoms with Crippen molar-refractivity contribution >= 4 is 26.7 Å². The fourth-order valence-corrected chi connectivity index (χ4v) is 3.18. The van der Waals surface area contributed by atoms with Gasteiger partial charge in [0, 0.05) is 10.5 Å². The van der Waals surface area contributed by atoms with Crippen molar-refractivity contribution in [1.82, 2.24) is 0 Å². The van der Waals surface area contributed by atoms with Crippen LogP contribution in [0.2, 0.25) is 0 Å². The van der Waals surface area contributed by atoms with E-state index in [1.807, 2.05) is 30.3 Å². The second kappa shape index (κ2) is 5.96. The Balaban J connectivity index is 1.95. The van der Waals surface area contributed by atoms with Crippen LogP contribution in [0.25, 0.3) is 10.8 Å². The second-order valence-corrected chi connectivity index (χ2v) is 6.07. The molecule has 3 heteroatoms. The van der Waals surface area contributed by atoms with Crippen LogP contribution in [0.5, 0.6) is 0 Å². The normalized spacial score (nSPS) is 12.5. The van der Waals surface area contributed by atoms with Gasteiger partial charge in [-0.05, 0) is 46.5 Å². The molecule has 0 aliphatic heterocycles. The summed E-state index contributed by atoms with van der Waals surface area (Å²) in [5.74, 6) is -0.246. The molecule has 0 amide bonds. The van der Waals surface area contributed by atoms with E-state index in [-0.39, 0.29) is 11.9 Å². The van der Waals surface area contributed by atoms with Crippen molar-refractivity contribution in [2.45, 2.75) is 12.5 Å². The van der Waals surface area contributed by atoms with Crippen LogP contribution < -0.4 is 5.73 Å². The van der Waals surface area contributed by atoms with E-state index in [2.05, 4.69) is 34.1 Å². The van der Waals surface area contributed by atoms with Crippen molar-refractivity contribution in [2.75, 3.05) is 0 Å². The van der Waals surface area contributed by atoms with Gasteiger partial charge < -0.3 is 5.73 Å². The minimum atomic E-state index is -0.246. The molecule has 3 rings (SSSR count). The molecule has 3 aromatic rings. The number of hydrogen-bond acceptors (Lipinski definition) is 1. The molecule has 0 aromatic heterocycles. The highest BCUT2D eigenvalue weighted by atomic mass is 79.9. The van der Waals surface area contributed by atoms with Crippen LogP contribution >= 0.6 is 15.9 Å². The molecule has 0 spiro atoms. The Bertz CT molecular complexity index is 760. The molecule has 3 aromatic carbocycles. The van der Waals surface area contributed by atoms with Gasteiger partial charge in [0.1, 0.15) is 5.82 Å². The first-order valence-electron chi connectivity index (χ1n) is 6.82. The molecule has 1 unspecified atom stereocenters. The first-order valence-corrected chi connectivity index (χ1v) is 7.61. The van der Waals surface area contributed by atoms with Gasteiger partial charge in [-0.25, -0.2) is 4.39 Å². The van der Waals surface area contributed by atoms with Crippen LogP contribution in [0.1, 0.15) is 17.2 Å². The third kappa shape index (κ3) is 3.14. The molecule has 2 N–H and O–H groups in total. The van der Waals surface area contributed by atoms with Gasteiger partial charge in [0.05, 0.1) is 0 Å². The molecule has 0 aliphatic carbocycles. The summed E-state index contributed by atoms with van der Waals surface area (Å²) in [6, 6.07) is 19.0. The summed E-state index contributed by atoms with van der Waals surface area (Å²) in [5.41, 5.74) is 8.34. The Morgan fingerprint density at radius 3 is 2.57 bits per heavy atom. The predicted molar refractivity (Wildman–Crippen MR) is 88.7 cm³/mol. The molecule has 0 aliphatic rings. The Morgan fingerprint density at radius 1 is 1.00 bits per heavy atom. The molecular weight excluding hydrogens is 329 g/mol. The lowest BCUT2D eigenvalue weighted by atomic mass is 9.95. The minimum absolute atomic E-state index is 0.162. The van der Waals surface area contributed by atoms with Crippen molar-refractivity contribution in [3.05, 3.63) is 82.1 Å². The number of fused-ring (bicyclic) bond motifs is 1. The van der Waals surface area contributed by atoms with E-state index in [1.165, 1.54) is 17.5 Å². The summed E-state index contributed by atoms with van der Waals surface area (Å²) >= 11 is 3.32. The van der Waals surface area contributed by atoms with Gasteiger partial charge in [-0.1, -0.05) is 58.4 Å². The summed E-state index contributed by atoms with van der Waals surface area (Å²) < 4.78 is 14.2. The largest absolute Gasteiger partial charge is 0.324 e. The zero-order valence-electron chi connectivity index (χ0n) is 11.4. The van der Waals surface area contributed by atoms with Gasteiger partial charge in [0.2, 0.25) is 0 Å². The molecular formula is C18H15BrFN. The fourth-order valence-electron chi connectivity index (χ4n) is 2.67. The van der Waals surface area contributed by atoms with E-state index in [0.29, 0.717) is 6.42 Å². The topological polar surface area (TPSA) is 26.0 Å². The van der Waals surface area contributed by atoms with E-state index in [1.54, 1.807) is 0 Å². The van der Waals surface area contributed by atoms with Gasteiger partial charge in [-0.15, -0.1) is 0 Å². The Morgan fingerprint density at radius 2 is 1.76 bits per heavy atom. The van der Waals surface area contributed by atoms with E-state index in [4.69, 9.17) is 5.73 Å². The van der Waals surface area contributed by atoms with E-state index in [0.717, 1.165) is 21.0 Å². The monoisotopic (exact) mass is 343 g/mol. The van der Waals surface area contributed by atoms with E-state index >= 15 is 0 Å². The highest BCUT2D eigenvalue weighted by molar-refractivity contribution is 9.10. The van der Waals surface area contributed by atoms with Crippen molar-refractivity contribution in [3.8, 4) is 0 Å². The number of benzene rings is 3. The number of nitrogens with two attached hydrogens (primary N) is 1. The average molecular weight is 344 g/mol. The summed E-state index contributed by atoms with van der Waals surface area (Å²) in [6.07, 6.45) is 0.602. The van der Waals surface area contributed by atoms with E-state index in [9.17, 15) is 4.39 Å². The third-order valence-corrected chi connectivity index (χ3v) is 4.06. The Labute approximate surface area is 131 Å². The molecule has 0 radical (unpaired) electrons. The third-order valence-electron chi connectivity index (χ3n) is 3.60. The molecule has 1 nitrogen and oxygen atoms in total. The minimum Gasteiger partial charge on any atom is -0.324 e. The summed E-state index contributed by atoms with van der Waals surface area (Å²) in [7, 11) is 0. The van der Waals surface area contributed by atoms with Gasteiger partial charge in [-0.3, -0.25) is 0 Å². The Hall–Kier alpha value is -1.71. The zero-order chi connectivity index (χ0) is 14.8. The van der Waals surface area contributed by atoms with Crippen molar-refractivity contribution in [2.24, 2.45) is 5.73 Å². The zero-order valence-corrected chi connectivity index (χ0v) is 13.0. The molecule has 0 saturated carbocycles. The van der Waals surface area contributed by atoms with Crippen LogP contribution in [-0.2, 0) is 6.42 Å². The van der Waals surface area contributed by atoms with E-state index < -0.39 is 0 Å². The van der Waals surface area contributed by atoms with Crippen LogP contribution in [0, 0.1) is 5.82 Å². The molecule has 1 atom stereocenters. The maximum Gasteiger partial charge on any atom is 0.124 e. The first-order chi connectivity index (χ1) is 10.1. The molecule has 106 valence electrons. The maximum absolute atomic E-state index is 13.5. The number of hydrogen-bond donors (Lipinski definition) is 1. The van der Waals surface area contributed by atoms with Crippen LogP contribution in [0.3, 0.4) is 0 Å². The SMILES string of the molecule is NC(Cc1cc(F)cc(Br)c1)c1cccc2ccccc12. The molecule has 0 bridgehead atoms. The fraction of sp³-hybridized carbons (Fsp3) is 0.111. The highest BCUT2D eigenvalue weighted by Crippen LogP contribution is 2.26. The quantitative estimate of drug-likeness (QED) is 0.712. The lowest BCUT2D eigenvalue weighted by molar-refractivity contribution is 0.621. The lowest BCUT2D eigenvalue weighted by Crippen LogP contribution is -2.14. The lowest BCUT2D eigenvalue weighted by Gasteiger charge is -2.15. The highest BCUT2D eigenvalue weighted by Gasteiger charge is 2.11. The van der Waals surface area contributed by atoms with Gasteiger partial charge in [-0.2, -0.15) is 0 Å². The summed E-state index contributed by atoms with van der Waals surface area (Å²) in [4.78, 5) is 0. The first kappa shape index (κ1) is 14.2. The van der Waals surface area contributed by atoms with Gasteiger partial charge in [0.25, 0.3) is 0 Å². The maximum atomic E-state index is 13.5. The Kier molecular flexibility index (Phi) is 4.04. The van der Waals surface area contributed by atoms with Crippen LogP contribution in [0.15, 0.2) is 65.1 Å². The molecule has 21 heavy (non-hydrogen) atoms. The van der Waals surface area contributed by atoms with Crippen molar-refractivity contribution < 1.29 is 4.39 Å². The molecule has 0 saturated heterocycles. The van der Waals surface area contributed by atoms with Crippen LogP contribution in [0.4, 0.5) is 4.39 Å². The van der Waals surface area contributed by atoms with Crippen molar-refractivity contribution in [3.63, 3.8) is 0 Å². The van der Waals surface area contributed by atoms with Crippen molar-refractivity contribution in [1.29, 1.82) is 0 Å². The average Bonchev–Trinajstić information content (AvgIpc) is 2.45. The van der Waals surface area contributed by atoms with Crippen LogP contribution in [-0.4, -0.2) is 0 Å². The standard InChI is InChI=1S/C18H15BrFN/c19-14-8-12(9-15(20)11-14)10-18(21)17-7-3-5-13-4-1-2-6-16(13)17/h1-9,11,18H,10,21H2. The molecule has 0 fully saturated rings. The smallest absolute Gasteiger partial charge is 0.124 e. The second-order valence-electron chi connectivity index (χ2n) is 5.16. The number of halogens is 2. The summed E-state index contributed by atoms with van der Waals surface area (Å²) in [5, 5.41) is 2.33. The van der Waals surface area contributed by atoms with Gasteiger partial charge >= 0.3 is 0 Å².